The second-order valence-corrected chi connectivity index (χ2v) is 6.65. The Morgan fingerprint density at radius 1 is 0.893 bits per heavy atom. The van der Waals surface area contributed by atoms with Crippen LogP contribution < -0.4 is 10.1 Å². The number of aryl methyl sites for hydroxylation is 2. The van der Waals surface area contributed by atoms with Crippen LogP contribution in [0, 0.1) is 20.8 Å². The molecule has 0 bridgehead atoms. The fraction of sp³-hybridized carbons (Fsp3) is 0.136. The number of anilines is 2. The molecule has 2 heterocycles. The van der Waals surface area contributed by atoms with E-state index >= 15 is 0 Å². The van der Waals surface area contributed by atoms with Crippen molar-refractivity contribution < 1.29 is 4.74 Å². The molecule has 28 heavy (non-hydrogen) atoms. The molecule has 2 N–H and O–H groups in total. The summed E-state index contributed by atoms with van der Waals surface area (Å²) < 4.78 is 5.86. The minimum Gasteiger partial charge on any atom is -0.457 e. The molecular weight excluding hydrogens is 350 g/mol. The van der Waals surface area contributed by atoms with Gasteiger partial charge in [-0.2, -0.15) is 0 Å². The maximum Gasteiger partial charge on any atom is 0.226 e. The lowest BCUT2D eigenvalue weighted by molar-refractivity contribution is 0.481. The lowest BCUT2D eigenvalue weighted by Gasteiger charge is -2.08. The van der Waals surface area contributed by atoms with E-state index in [4.69, 9.17) is 4.74 Å². The van der Waals surface area contributed by atoms with Crippen molar-refractivity contribution in [1.29, 1.82) is 0 Å². The van der Waals surface area contributed by atoms with Crippen molar-refractivity contribution in [2.75, 3.05) is 5.32 Å². The summed E-state index contributed by atoms with van der Waals surface area (Å²) >= 11 is 0. The zero-order chi connectivity index (χ0) is 19.5. The number of ether oxygens (including phenoxy) is 1. The number of hydrogen-bond acceptors (Lipinski definition) is 5. The van der Waals surface area contributed by atoms with E-state index in [1.54, 1.807) is 6.20 Å². The predicted octanol–water partition coefficient (Wildman–Crippen LogP) is 5.33. The molecule has 0 aliphatic rings. The zero-order valence-corrected chi connectivity index (χ0v) is 16.0. The molecule has 140 valence electrons. The van der Waals surface area contributed by atoms with E-state index in [1.165, 1.54) is 11.1 Å². The van der Waals surface area contributed by atoms with Gasteiger partial charge in [-0.1, -0.05) is 12.1 Å². The van der Waals surface area contributed by atoms with E-state index in [0.29, 0.717) is 11.8 Å². The lowest BCUT2D eigenvalue weighted by atomic mass is 10.1. The molecule has 4 rings (SSSR count). The first-order chi connectivity index (χ1) is 13.6. The van der Waals surface area contributed by atoms with Gasteiger partial charge in [0.2, 0.25) is 5.95 Å². The van der Waals surface area contributed by atoms with Crippen LogP contribution in [0.4, 0.5) is 11.6 Å². The molecule has 4 aromatic rings. The van der Waals surface area contributed by atoms with Gasteiger partial charge in [0.05, 0.1) is 0 Å². The standard InChI is InChI=1S/C22H21N5O/c1-14-5-4-6-20(16(14)3)24-22-25-21(26-27-22)17-7-9-18(10-8-17)28-19-11-12-23-15(2)13-19/h4-13H,1-3H3,(H2,24,25,26,27). The first kappa shape index (κ1) is 17.7. The summed E-state index contributed by atoms with van der Waals surface area (Å²) in [5.74, 6) is 2.82. The molecule has 0 aliphatic heterocycles. The largest absolute Gasteiger partial charge is 0.457 e. The van der Waals surface area contributed by atoms with Gasteiger partial charge in [-0.25, -0.2) is 0 Å². The van der Waals surface area contributed by atoms with Gasteiger partial charge in [0.25, 0.3) is 0 Å². The van der Waals surface area contributed by atoms with Crippen LogP contribution in [0.25, 0.3) is 11.4 Å². The summed E-state index contributed by atoms with van der Waals surface area (Å²) in [6, 6.07) is 17.6. The third-order valence-electron chi connectivity index (χ3n) is 4.58. The minimum atomic E-state index is 0.608. The van der Waals surface area contributed by atoms with Crippen molar-refractivity contribution in [2.45, 2.75) is 20.8 Å². The van der Waals surface area contributed by atoms with Gasteiger partial charge < -0.3 is 15.0 Å². The summed E-state index contributed by atoms with van der Waals surface area (Å²) in [4.78, 5) is 7.39. The van der Waals surface area contributed by atoms with Gasteiger partial charge >= 0.3 is 0 Å². The number of hydrogen-bond donors (Lipinski definition) is 2. The van der Waals surface area contributed by atoms with Crippen molar-refractivity contribution in [3.63, 3.8) is 0 Å². The fourth-order valence-electron chi connectivity index (χ4n) is 2.86. The van der Waals surface area contributed by atoms with Gasteiger partial charge in [-0.15, -0.1) is 10.2 Å². The summed E-state index contributed by atoms with van der Waals surface area (Å²) in [5, 5.41) is 11.7. The Labute approximate surface area is 163 Å². The third kappa shape index (κ3) is 3.86. The number of rotatable bonds is 5. The van der Waals surface area contributed by atoms with Crippen molar-refractivity contribution in [2.24, 2.45) is 0 Å². The van der Waals surface area contributed by atoms with Crippen molar-refractivity contribution in [1.82, 2.24) is 20.2 Å². The molecule has 0 saturated heterocycles. The Hall–Kier alpha value is -3.67. The first-order valence-electron chi connectivity index (χ1n) is 9.05. The topological polar surface area (TPSA) is 75.7 Å². The van der Waals surface area contributed by atoms with Gasteiger partial charge in [0.1, 0.15) is 11.5 Å². The van der Waals surface area contributed by atoms with Crippen molar-refractivity contribution in [3.05, 3.63) is 77.6 Å². The number of aromatic nitrogens is 4. The van der Waals surface area contributed by atoms with E-state index in [1.807, 2.05) is 55.5 Å². The molecule has 0 spiro atoms. The second-order valence-electron chi connectivity index (χ2n) is 6.65. The SMILES string of the molecule is Cc1cc(Oc2ccc(-c3nnc(Nc4cccc(C)c4C)[nH]3)cc2)ccn1. The number of H-pyrrole nitrogens is 1. The minimum absolute atomic E-state index is 0.608. The zero-order valence-electron chi connectivity index (χ0n) is 16.0. The maximum absolute atomic E-state index is 5.86. The molecule has 6 heteroatoms. The lowest BCUT2D eigenvalue weighted by Crippen LogP contribution is -1.96. The first-order valence-corrected chi connectivity index (χ1v) is 9.05. The van der Waals surface area contributed by atoms with Crippen LogP contribution in [-0.2, 0) is 0 Å². The Balaban J connectivity index is 1.48. The number of benzene rings is 2. The van der Waals surface area contributed by atoms with E-state index in [9.17, 15) is 0 Å². The van der Waals surface area contributed by atoms with Gasteiger partial charge in [-0.05, 0) is 68.3 Å². The summed E-state index contributed by atoms with van der Waals surface area (Å²) in [7, 11) is 0. The van der Waals surface area contributed by atoms with Crippen molar-refractivity contribution in [3.8, 4) is 22.9 Å². The average molecular weight is 371 g/mol. The van der Waals surface area contributed by atoms with Gasteiger partial charge in [-0.3, -0.25) is 4.98 Å². The summed E-state index contributed by atoms with van der Waals surface area (Å²) in [6.45, 7) is 6.10. The van der Waals surface area contributed by atoms with Gasteiger partial charge in [0, 0.05) is 29.2 Å². The smallest absolute Gasteiger partial charge is 0.226 e. The molecule has 0 atom stereocenters. The quantitative estimate of drug-likeness (QED) is 0.496. The molecule has 2 aromatic heterocycles. The fourth-order valence-corrected chi connectivity index (χ4v) is 2.86. The van der Waals surface area contributed by atoms with Crippen LogP contribution in [0.3, 0.4) is 0 Å². The van der Waals surface area contributed by atoms with E-state index in [-0.39, 0.29) is 0 Å². The number of aromatic amines is 1. The molecule has 6 nitrogen and oxygen atoms in total. The monoisotopic (exact) mass is 371 g/mol. The summed E-state index contributed by atoms with van der Waals surface area (Å²) in [6.07, 6.45) is 1.73. The summed E-state index contributed by atoms with van der Waals surface area (Å²) in [5.41, 5.74) is 5.27. The van der Waals surface area contributed by atoms with Gasteiger partial charge in [0.15, 0.2) is 5.82 Å². The number of nitrogens with one attached hydrogen (secondary N) is 2. The molecule has 0 fully saturated rings. The third-order valence-corrected chi connectivity index (χ3v) is 4.58. The molecule has 0 amide bonds. The van der Waals surface area contributed by atoms with Crippen LogP contribution in [0.15, 0.2) is 60.8 Å². The predicted molar refractivity (Wildman–Crippen MR) is 110 cm³/mol. The van der Waals surface area contributed by atoms with Crippen LogP contribution in [0.5, 0.6) is 11.5 Å². The molecule has 0 unspecified atom stereocenters. The average Bonchev–Trinajstić information content (AvgIpc) is 3.15. The van der Waals surface area contributed by atoms with Crippen LogP contribution in [0.1, 0.15) is 16.8 Å². The second kappa shape index (κ2) is 7.52. The van der Waals surface area contributed by atoms with Crippen molar-refractivity contribution >= 4 is 11.6 Å². The Morgan fingerprint density at radius 3 is 2.50 bits per heavy atom. The molecule has 0 aliphatic carbocycles. The molecule has 0 radical (unpaired) electrons. The van der Waals surface area contributed by atoms with Crippen LogP contribution in [0.2, 0.25) is 0 Å². The van der Waals surface area contributed by atoms with E-state index in [2.05, 4.69) is 45.4 Å². The van der Waals surface area contributed by atoms with Crippen LogP contribution >= 0.6 is 0 Å². The maximum atomic E-state index is 5.86. The Bertz CT molecular complexity index is 1100. The number of nitrogens with zero attached hydrogens (tertiary/aromatic N) is 3. The van der Waals surface area contributed by atoms with Crippen LogP contribution in [-0.4, -0.2) is 20.2 Å². The highest BCUT2D eigenvalue weighted by Crippen LogP contribution is 2.26. The van der Waals surface area contributed by atoms with E-state index < -0.39 is 0 Å². The highest BCUT2D eigenvalue weighted by atomic mass is 16.5. The van der Waals surface area contributed by atoms with E-state index in [0.717, 1.165) is 28.4 Å². The highest BCUT2D eigenvalue weighted by Gasteiger charge is 2.08. The molecule has 0 saturated carbocycles. The molecule has 2 aromatic carbocycles. The normalized spacial score (nSPS) is 10.7. The Morgan fingerprint density at radius 2 is 1.71 bits per heavy atom. The number of pyridine rings is 1. The Kier molecular flexibility index (Phi) is 4.76. The molecular formula is C22H21N5O. The highest BCUT2D eigenvalue weighted by molar-refractivity contribution is 5.63.